The summed E-state index contributed by atoms with van der Waals surface area (Å²) in [6, 6.07) is 5.44. The summed E-state index contributed by atoms with van der Waals surface area (Å²) >= 11 is 0. The predicted octanol–water partition coefficient (Wildman–Crippen LogP) is 3.33. The van der Waals surface area contributed by atoms with Gasteiger partial charge in [-0.1, -0.05) is 0 Å². The van der Waals surface area contributed by atoms with Gasteiger partial charge in [0.1, 0.15) is 34.8 Å². The molecule has 174 valence electrons. The zero-order valence-corrected chi connectivity index (χ0v) is 17.6. The third-order valence-corrected chi connectivity index (χ3v) is 4.97. The van der Waals surface area contributed by atoms with Crippen LogP contribution in [-0.2, 0) is 10.3 Å². The topological polar surface area (TPSA) is 136 Å². The van der Waals surface area contributed by atoms with Crippen LogP contribution in [0.25, 0.3) is 0 Å². The zero-order valence-electron chi connectivity index (χ0n) is 17.6. The molecule has 1 aliphatic heterocycles. The molecule has 0 aliphatic carbocycles. The smallest absolute Gasteiger partial charge is 0.391 e. The number of nitrogens with one attached hydrogen (secondary N) is 1. The standard InChI is InChI=1S/C20H18F4N6O3/c1-10-6-11(7-25)8-27-15(10)33-17(31)29-13-5-4-12(21)14(28-13)18(2)9-32-19(3,16(26)30-18)20(22,23)24/h4-6,8H,9H2,1-3H3,(H2,26,30)(H,28,29,31)/t18-,19-/m1/s1. The number of carbonyl (C=O) groups is 1. The Morgan fingerprint density at radius 3 is 2.64 bits per heavy atom. The molecular weight excluding hydrogens is 448 g/mol. The number of aromatic nitrogens is 2. The number of aliphatic imine (C=N–C) groups is 1. The van der Waals surface area contributed by atoms with Crippen LogP contribution in [0.3, 0.4) is 0 Å². The highest BCUT2D eigenvalue weighted by atomic mass is 19.4. The molecule has 3 heterocycles. The lowest BCUT2D eigenvalue weighted by atomic mass is 9.93. The molecule has 1 amide bonds. The molecule has 0 unspecified atom stereocenters. The summed E-state index contributed by atoms with van der Waals surface area (Å²) in [5.41, 5.74) is 1.33. The number of halogens is 4. The van der Waals surface area contributed by atoms with Crippen molar-refractivity contribution < 1.29 is 31.8 Å². The lowest BCUT2D eigenvalue weighted by Gasteiger charge is -2.40. The van der Waals surface area contributed by atoms with Gasteiger partial charge in [0.2, 0.25) is 11.5 Å². The average Bonchev–Trinajstić information content (AvgIpc) is 2.73. The molecule has 0 aromatic carbocycles. The van der Waals surface area contributed by atoms with Gasteiger partial charge in [-0.2, -0.15) is 18.4 Å². The van der Waals surface area contributed by atoms with Gasteiger partial charge < -0.3 is 15.2 Å². The number of amides is 1. The van der Waals surface area contributed by atoms with Crippen molar-refractivity contribution in [2.24, 2.45) is 10.7 Å². The van der Waals surface area contributed by atoms with Crippen molar-refractivity contribution in [2.75, 3.05) is 11.9 Å². The highest BCUT2D eigenvalue weighted by molar-refractivity contribution is 5.90. The fraction of sp³-hybridized carbons (Fsp3) is 0.350. The van der Waals surface area contributed by atoms with Crippen molar-refractivity contribution in [3.8, 4) is 11.9 Å². The van der Waals surface area contributed by atoms with Crippen molar-refractivity contribution >= 4 is 17.7 Å². The number of rotatable bonds is 3. The van der Waals surface area contributed by atoms with Crippen LogP contribution in [0.2, 0.25) is 0 Å². The van der Waals surface area contributed by atoms with Gasteiger partial charge in [0.15, 0.2) is 0 Å². The van der Waals surface area contributed by atoms with Crippen LogP contribution in [0.1, 0.15) is 30.7 Å². The molecule has 0 saturated carbocycles. The summed E-state index contributed by atoms with van der Waals surface area (Å²) in [6.45, 7) is 2.93. The maximum atomic E-state index is 14.5. The largest absolute Gasteiger partial charge is 0.424 e. The summed E-state index contributed by atoms with van der Waals surface area (Å²) in [7, 11) is 0. The van der Waals surface area contributed by atoms with Crippen LogP contribution in [0, 0.1) is 24.1 Å². The van der Waals surface area contributed by atoms with E-state index < -0.39 is 41.7 Å². The number of amidine groups is 1. The highest BCUT2D eigenvalue weighted by Gasteiger charge is 2.59. The lowest BCUT2D eigenvalue weighted by Crippen LogP contribution is -2.60. The van der Waals surface area contributed by atoms with E-state index in [-0.39, 0.29) is 23.0 Å². The summed E-state index contributed by atoms with van der Waals surface area (Å²) in [5, 5.41) is 11.1. The Hall–Kier alpha value is -3.79. The molecule has 13 heteroatoms. The molecule has 2 aromatic rings. The Morgan fingerprint density at radius 1 is 1.36 bits per heavy atom. The van der Waals surface area contributed by atoms with Crippen molar-refractivity contribution in [3.05, 3.63) is 47.0 Å². The number of aryl methyl sites for hydroxylation is 1. The number of anilines is 1. The Morgan fingerprint density at radius 2 is 2.06 bits per heavy atom. The second-order valence-electron chi connectivity index (χ2n) is 7.59. The minimum absolute atomic E-state index is 0.0645. The van der Waals surface area contributed by atoms with E-state index in [1.54, 1.807) is 6.92 Å². The normalized spacial score (nSPS) is 22.8. The van der Waals surface area contributed by atoms with Gasteiger partial charge in [0.25, 0.3) is 0 Å². The molecule has 2 atom stereocenters. The molecular formula is C20H18F4N6O3. The summed E-state index contributed by atoms with van der Waals surface area (Å²) in [6.07, 6.45) is -4.64. The molecule has 3 rings (SSSR count). The quantitative estimate of drug-likeness (QED) is 0.663. The first-order valence-corrected chi connectivity index (χ1v) is 9.38. The number of hydrogen-bond acceptors (Lipinski definition) is 8. The van der Waals surface area contributed by atoms with Gasteiger partial charge in [-0.05, 0) is 39.0 Å². The van der Waals surface area contributed by atoms with Gasteiger partial charge >= 0.3 is 12.3 Å². The highest BCUT2D eigenvalue weighted by Crippen LogP contribution is 2.41. The Bertz CT molecular complexity index is 1180. The molecule has 0 bridgehead atoms. The SMILES string of the molecule is Cc1cc(C#N)cnc1OC(=O)Nc1ccc(F)c([C@@]2(C)CO[C@@](C)(C(F)(F)F)C(N)=N2)n1. The first kappa shape index (κ1) is 23.9. The summed E-state index contributed by atoms with van der Waals surface area (Å²) in [5.74, 6) is -2.01. The maximum absolute atomic E-state index is 14.5. The monoisotopic (exact) mass is 466 g/mol. The summed E-state index contributed by atoms with van der Waals surface area (Å²) in [4.78, 5) is 23.9. The van der Waals surface area contributed by atoms with E-state index in [1.165, 1.54) is 19.2 Å². The third kappa shape index (κ3) is 4.56. The molecule has 2 aromatic heterocycles. The second-order valence-corrected chi connectivity index (χ2v) is 7.59. The lowest BCUT2D eigenvalue weighted by molar-refractivity contribution is -0.249. The van der Waals surface area contributed by atoms with E-state index in [9.17, 15) is 22.4 Å². The van der Waals surface area contributed by atoms with Crippen LogP contribution in [-0.4, -0.2) is 40.3 Å². The van der Waals surface area contributed by atoms with Crippen molar-refractivity contribution in [1.29, 1.82) is 5.26 Å². The van der Waals surface area contributed by atoms with E-state index in [0.29, 0.717) is 5.56 Å². The molecule has 1 aliphatic rings. The van der Waals surface area contributed by atoms with E-state index in [2.05, 4.69) is 20.3 Å². The first-order chi connectivity index (χ1) is 15.3. The van der Waals surface area contributed by atoms with Gasteiger partial charge in [0.05, 0.1) is 12.2 Å². The van der Waals surface area contributed by atoms with Crippen LogP contribution in [0.4, 0.5) is 28.2 Å². The van der Waals surface area contributed by atoms with Crippen LogP contribution in [0.15, 0.2) is 29.4 Å². The second kappa shape index (κ2) is 8.28. The molecule has 0 saturated heterocycles. The first-order valence-electron chi connectivity index (χ1n) is 9.38. The number of nitrogens with zero attached hydrogens (tertiary/aromatic N) is 4. The minimum atomic E-state index is -4.83. The number of nitriles is 1. The fourth-order valence-corrected chi connectivity index (χ4v) is 2.95. The van der Waals surface area contributed by atoms with Crippen molar-refractivity contribution in [3.63, 3.8) is 0 Å². The molecule has 33 heavy (non-hydrogen) atoms. The van der Waals surface area contributed by atoms with E-state index in [1.807, 2.05) is 6.07 Å². The van der Waals surface area contributed by atoms with Crippen LogP contribution >= 0.6 is 0 Å². The molecule has 9 nitrogen and oxygen atoms in total. The number of nitrogens with two attached hydrogens (primary N) is 1. The van der Waals surface area contributed by atoms with Gasteiger partial charge in [-0.15, -0.1) is 0 Å². The predicted molar refractivity (Wildman–Crippen MR) is 107 cm³/mol. The van der Waals surface area contributed by atoms with Crippen molar-refractivity contribution in [1.82, 2.24) is 9.97 Å². The Balaban J connectivity index is 1.84. The number of carbonyl (C=O) groups excluding carboxylic acids is 1. The summed E-state index contributed by atoms with van der Waals surface area (Å²) < 4.78 is 64.5. The fourth-order valence-electron chi connectivity index (χ4n) is 2.95. The van der Waals surface area contributed by atoms with Crippen molar-refractivity contribution in [2.45, 2.75) is 38.1 Å². The molecule has 0 spiro atoms. The Kier molecular flexibility index (Phi) is 5.99. The number of alkyl halides is 3. The number of ether oxygens (including phenoxy) is 2. The average molecular weight is 466 g/mol. The third-order valence-electron chi connectivity index (χ3n) is 4.97. The Labute approximate surface area is 185 Å². The number of pyridine rings is 2. The van der Waals surface area contributed by atoms with E-state index in [4.69, 9.17) is 20.5 Å². The zero-order chi connectivity index (χ0) is 24.6. The molecule has 3 N–H and O–H groups in total. The van der Waals surface area contributed by atoms with E-state index >= 15 is 0 Å². The van der Waals surface area contributed by atoms with Gasteiger partial charge in [-0.3, -0.25) is 10.3 Å². The van der Waals surface area contributed by atoms with E-state index in [0.717, 1.165) is 19.1 Å². The molecule has 0 radical (unpaired) electrons. The number of hydrogen-bond donors (Lipinski definition) is 2. The minimum Gasteiger partial charge on any atom is -0.391 e. The van der Waals surface area contributed by atoms with Gasteiger partial charge in [0, 0.05) is 11.8 Å². The maximum Gasteiger partial charge on any atom is 0.424 e. The van der Waals surface area contributed by atoms with Gasteiger partial charge in [-0.25, -0.2) is 19.2 Å². The molecule has 0 fully saturated rings. The van der Waals surface area contributed by atoms with Crippen LogP contribution < -0.4 is 15.8 Å². The van der Waals surface area contributed by atoms with Crippen LogP contribution in [0.5, 0.6) is 5.88 Å².